The number of hydrogen-bond donors (Lipinski definition) is 1. The second kappa shape index (κ2) is 7.75. The smallest absolute Gasteiger partial charge is 0.258 e. The zero-order valence-corrected chi connectivity index (χ0v) is 16.2. The Balaban J connectivity index is 2.07. The van der Waals surface area contributed by atoms with Gasteiger partial charge in [-0.3, -0.25) is 4.79 Å². The minimum Gasteiger partial charge on any atom is -0.386 e. The summed E-state index contributed by atoms with van der Waals surface area (Å²) in [5, 5.41) is 10.00. The maximum Gasteiger partial charge on any atom is 0.258 e. The van der Waals surface area contributed by atoms with Gasteiger partial charge in [-0.15, -0.1) is 0 Å². The van der Waals surface area contributed by atoms with Gasteiger partial charge in [0.25, 0.3) is 5.56 Å². The lowest BCUT2D eigenvalue weighted by Crippen LogP contribution is -2.21. The molecule has 0 aliphatic rings. The third kappa shape index (κ3) is 3.94. The summed E-state index contributed by atoms with van der Waals surface area (Å²) in [6.45, 7) is 5.60. The Kier molecular flexibility index (Phi) is 5.56. The Hall–Kier alpha value is -2.67. The molecule has 0 saturated heterocycles. The SMILES string of the molecule is CCCCCn1cc(F)c2cc(-c3ncc(C(C)(C)O)cn3)c(F)cc2c1=O. The first kappa shape index (κ1) is 20.1. The molecule has 0 atom stereocenters. The van der Waals surface area contributed by atoms with Crippen molar-refractivity contribution in [3.63, 3.8) is 0 Å². The predicted molar refractivity (Wildman–Crippen MR) is 104 cm³/mol. The van der Waals surface area contributed by atoms with Crippen LogP contribution in [0.1, 0.15) is 45.6 Å². The molecule has 148 valence electrons. The van der Waals surface area contributed by atoms with Crippen molar-refractivity contribution >= 4 is 10.8 Å². The van der Waals surface area contributed by atoms with Gasteiger partial charge < -0.3 is 9.67 Å². The van der Waals surface area contributed by atoms with Gasteiger partial charge in [0.05, 0.1) is 16.6 Å². The van der Waals surface area contributed by atoms with Gasteiger partial charge in [-0.05, 0) is 32.4 Å². The first-order valence-corrected chi connectivity index (χ1v) is 9.30. The Morgan fingerprint density at radius 1 is 1.07 bits per heavy atom. The van der Waals surface area contributed by atoms with Crippen LogP contribution in [0.2, 0.25) is 0 Å². The summed E-state index contributed by atoms with van der Waals surface area (Å²) in [6.07, 6.45) is 6.62. The fourth-order valence-corrected chi connectivity index (χ4v) is 3.02. The van der Waals surface area contributed by atoms with Crippen LogP contribution in [0.15, 0.2) is 35.5 Å². The molecule has 0 saturated carbocycles. The number of hydrogen-bond acceptors (Lipinski definition) is 4. The lowest BCUT2D eigenvalue weighted by atomic mass is 10.0. The number of rotatable bonds is 6. The van der Waals surface area contributed by atoms with Gasteiger partial charge in [0, 0.05) is 36.1 Å². The summed E-state index contributed by atoms with van der Waals surface area (Å²) in [5.74, 6) is -1.24. The minimum atomic E-state index is -1.13. The molecule has 0 unspecified atom stereocenters. The number of aliphatic hydroxyl groups is 1. The van der Waals surface area contributed by atoms with Crippen LogP contribution in [-0.2, 0) is 12.1 Å². The monoisotopic (exact) mass is 387 g/mol. The predicted octanol–water partition coefficient (Wildman–Crippen LogP) is 4.15. The van der Waals surface area contributed by atoms with Gasteiger partial charge in [0.1, 0.15) is 11.6 Å². The average Bonchev–Trinajstić information content (AvgIpc) is 2.65. The number of benzene rings is 1. The first-order valence-electron chi connectivity index (χ1n) is 9.30. The number of aryl methyl sites for hydroxylation is 1. The molecule has 5 nitrogen and oxygen atoms in total. The van der Waals surface area contributed by atoms with Crippen molar-refractivity contribution in [2.45, 2.75) is 52.2 Å². The third-order valence-electron chi connectivity index (χ3n) is 4.73. The Labute approximate surface area is 161 Å². The fourth-order valence-electron chi connectivity index (χ4n) is 3.02. The molecule has 2 aromatic heterocycles. The highest BCUT2D eigenvalue weighted by atomic mass is 19.1. The molecule has 1 N–H and O–H groups in total. The summed E-state index contributed by atoms with van der Waals surface area (Å²) in [5.41, 5.74) is -1.08. The molecule has 28 heavy (non-hydrogen) atoms. The highest BCUT2D eigenvalue weighted by molar-refractivity contribution is 5.86. The van der Waals surface area contributed by atoms with E-state index in [-0.39, 0.29) is 22.2 Å². The number of halogens is 2. The fraction of sp³-hybridized carbons (Fsp3) is 0.381. The lowest BCUT2D eigenvalue weighted by Gasteiger charge is -2.16. The van der Waals surface area contributed by atoms with Crippen LogP contribution < -0.4 is 5.56 Å². The lowest BCUT2D eigenvalue weighted by molar-refractivity contribution is 0.0778. The second-order valence-corrected chi connectivity index (χ2v) is 7.41. The van der Waals surface area contributed by atoms with Crippen molar-refractivity contribution < 1.29 is 13.9 Å². The minimum absolute atomic E-state index is 0.00294. The van der Waals surface area contributed by atoms with Gasteiger partial charge in [-0.1, -0.05) is 19.8 Å². The van der Waals surface area contributed by atoms with E-state index in [1.165, 1.54) is 29.2 Å². The number of aromatic nitrogens is 3. The quantitative estimate of drug-likeness (QED) is 0.645. The first-order chi connectivity index (χ1) is 13.2. The molecule has 0 fully saturated rings. The molecule has 0 aliphatic carbocycles. The maximum atomic E-state index is 14.7. The highest BCUT2D eigenvalue weighted by Gasteiger charge is 2.19. The molecular weight excluding hydrogens is 364 g/mol. The van der Waals surface area contributed by atoms with Crippen molar-refractivity contribution in [1.29, 1.82) is 0 Å². The molecule has 1 aromatic carbocycles. The van der Waals surface area contributed by atoms with Crippen LogP contribution in [0.4, 0.5) is 8.78 Å². The molecule has 3 rings (SSSR count). The third-order valence-corrected chi connectivity index (χ3v) is 4.73. The second-order valence-electron chi connectivity index (χ2n) is 7.41. The van der Waals surface area contributed by atoms with Crippen LogP contribution in [0.25, 0.3) is 22.2 Å². The molecular formula is C21H23F2N3O2. The Morgan fingerprint density at radius 2 is 1.75 bits per heavy atom. The van der Waals surface area contributed by atoms with Gasteiger partial charge in [-0.2, -0.15) is 0 Å². The number of fused-ring (bicyclic) bond motifs is 1. The molecule has 0 radical (unpaired) electrons. The molecule has 0 amide bonds. The topological polar surface area (TPSA) is 68.0 Å². The average molecular weight is 387 g/mol. The van der Waals surface area contributed by atoms with Crippen molar-refractivity contribution in [2.75, 3.05) is 0 Å². The van der Waals surface area contributed by atoms with Crippen molar-refractivity contribution in [1.82, 2.24) is 14.5 Å². The van der Waals surface area contributed by atoms with Crippen LogP contribution in [0.5, 0.6) is 0 Å². The number of unbranched alkanes of at least 4 members (excludes halogenated alkanes) is 2. The van der Waals surface area contributed by atoms with Crippen LogP contribution in [0.3, 0.4) is 0 Å². The van der Waals surface area contributed by atoms with Gasteiger partial charge in [-0.25, -0.2) is 18.7 Å². The standard InChI is InChI=1S/C21H23F2N3O2/c1-4-5-6-7-26-12-18(23)14-8-16(17(22)9-15(14)20(26)27)19-24-10-13(11-25-19)21(2,3)28/h8-12,28H,4-7H2,1-3H3. The number of nitrogens with zero attached hydrogens (tertiary/aromatic N) is 3. The van der Waals surface area contributed by atoms with Crippen LogP contribution >= 0.6 is 0 Å². The molecule has 2 heterocycles. The number of pyridine rings is 1. The van der Waals surface area contributed by atoms with E-state index in [4.69, 9.17) is 0 Å². The van der Waals surface area contributed by atoms with E-state index in [1.54, 1.807) is 13.8 Å². The molecule has 0 aliphatic heterocycles. The zero-order chi connectivity index (χ0) is 20.5. The van der Waals surface area contributed by atoms with E-state index in [0.29, 0.717) is 12.1 Å². The van der Waals surface area contributed by atoms with E-state index in [0.717, 1.165) is 25.3 Å². The molecule has 0 spiro atoms. The van der Waals surface area contributed by atoms with Crippen molar-refractivity contribution in [2.24, 2.45) is 0 Å². The summed E-state index contributed by atoms with van der Waals surface area (Å²) in [4.78, 5) is 20.8. The van der Waals surface area contributed by atoms with Gasteiger partial charge in [0.15, 0.2) is 5.82 Å². The van der Waals surface area contributed by atoms with E-state index in [2.05, 4.69) is 9.97 Å². The van der Waals surface area contributed by atoms with Gasteiger partial charge >= 0.3 is 0 Å². The molecule has 3 aromatic rings. The molecule has 0 bridgehead atoms. The van der Waals surface area contributed by atoms with Crippen molar-refractivity contribution in [3.8, 4) is 11.4 Å². The van der Waals surface area contributed by atoms with Crippen LogP contribution in [0, 0.1) is 11.6 Å². The zero-order valence-electron chi connectivity index (χ0n) is 16.2. The van der Waals surface area contributed by atoms with E-state index in [9.17, 15) is 18.7 Å². The molecule has 7 heteroatoms. The van der Waals surface area contributed by atoms with Crippen molar-refractivity contribution in [3.05, 3.63) is 58.3 Å². The summed E-state index contributed by atoms with van der Waals surface area (Å²) in [7, 11) is 0. The maximum absolute atomic E-state index is 14.7. The van der Waals surface area contributed by atoms with Crippen LogP contribution in [-0.4, -0.2) is 19.6 Å². The summed E-state index contributed by atoms with van der Waals surface area (Å²) >= 11 is 0. The van der Waals surface area contributed by atoms with E-state index >= 15 is 0 Å². The highest BCUT2D eigenvalue weighted by Crippen LogP contribution is 2.27. The Morgan fingerprint density at radius 3 is 2.36 bits per heavy atom. The summed E-state index contributed by atoms with van der Waals surface area (Å²) < 4.78 is 30.6. The Bertz CT molecular complexity index is 1050. The normalized spacial score (nSPS) is 11.9. The van der Waals surface area contributed by atoms with E-state index < -0.39 is 22.8 Å². The largest absolute Gasteiger partial charge is 0.386 e. The summed E-state index contributed by atoms with van der Waals surface area (Å²) in [6, 6.07) is 2.30. The van der Waals surface area contributed by atoms with E-state index in [1.807, 2.05) is 6.92 Å². The van der Waals surface area contributed by atoms with Gasteiger partial charge in [0.2, 0.25) is 0 Å².